The summed E-state index contributed by atoms with van der Waals surface area (Å²) in [6, 6.07) is 0. The van der Waals surface area contributed by atoms with E-state index in [9.17, 15) is 40.9 Å². The van der Waals surface area contributed by atoms with Crippen LogP contribution in [0.15, 0.2) is 25.4 Å². The van der Waals surface area contributed by atoms with Gasteiger partial charge in [0.25, 0.3) is 0 Å². The molecule has 8 atom stereocenters. The lowest BCUT2D eigenvalue weighted by molar-refractivity contribution is 0.0575. The Morgan fingerprint density at radius 3 is 0.794 bits per heavy atom. The topological polar surface area (TPSA) is 162 Å². The smallest absolute Gasteiger partial charge is 0.0904 e. The lowest BCUT2D eigenvalue weighted by Crippen LogP contribution is -2.44. The summed E-state index contributed by atoms with van der Waals surface area (Å²) in [4.78, 5) is 0. The maximum Gasteiger partial charge on any atom is 0.0904 e. The maximum atomic E-state index is 10.3. The van der Waals surface area contributed by atoms with Crippen LogP contribution in [0.2, 0.25) is 0 Å². The molecule has 4 rings (SSSR count). The molecular weight excluding hydrogens is 601 g/mol. The Morgan fingerprint density at radius 2 is 0.618 bits per heavy atom. The molecular formula is C18H24O8S8. The van der Waals surface area contributed by atoms with Gasteiger partial charge in [-0.3, -0.25) is 0 Å². The van der Waals surface area contributed by atoms with Crippen molar-refractivity contribution in [2.45, 2.75) is 45.4 Å². The van der Waals surface area contributed by atoms with E-state index in [0.29, 0.717) is 0 Å². The minimum Gasteiger partial charge on any atom is -0.394 e. The molecule has 16 heteroatoms. The molecule has 8 N–H and O–H groups in total. The Balaban J connectivity index is 1.50. The summed E-state index contributed by atoms with van der Waals surface area (Å²) in [7, 11) is 0. The Labute approximate surface area is 230 Å². The van der Waals surface area contributed by atoms with Crippen molar-refractivity contribution in [2.24, 2.45) is 0 Å². The van der Waals surface area contributed by atoms with Gasteiger partial charge in [0.05, 0.1) is 97.3 Å². The van der Waals surface area contributed by atoms with Crippen molar-refractivity contribution in [1.29, 1.82) is 0 Å². The Hall–Kier alpha value is 1.70. The van der Waals surface area contributed by atoms with E-state index in [4.69, 9.17) is 0 Å². The fourth-order valence-electron chi connectivity index (χ4n) is 3.37. The van der Waals surface area contributed by atoms with Crippen LogP contribution in [0.1, 0.15) is 0 Å². The summed E-state index contributed by atoms with van der Waals surface area (Å²) in [6.07, 6.45) is -4.10. The van der Waals surface area contributed by atoms with Gasteiger partial charge in [-0.25, -0.2) is 0 Å². The molecule has 0 aromatic rings. The Kier molecular flexibility index (Phi) is 10.7. The van der Waals surface area contributed by atoms with E-state index < -0.39 is 71.8 Å². The summed E-state index contributed by atoms with van der Waals surface area (Å²) in [5.74, 6) is 0. The van der Waals surface area contributed by atoms with Crippen LogP contribution < -0.4 is 0 Å². The first-order chi connectivity index (χ1) is 16.3. The largest absolute Gasteiger partial charge is 0.394 e. The van der Waals surface area contributed by atoms with Crippen LogP contribution >= 0.6 is 94.1 Å². The lowest BCUT2D eigenvalue weighted by Gasteiger charge is -2.35. The lowest BCUT2D eigenvalue weighted by atomic mass is 10.1. The van der Waals surface area contributed by atoms with Gasteiger partial charge < -0.3 is 40.9 Å². The number of aliphatic hydroxyl groups excluding tert-OH is 8. The second-order valence-corrected chi connectivity index (χ2v) is 17.8. The van der Waals surface area contributed by atoms with E-state index in [1.165, 1.54) is 47.0 Å². The molecule has 0 radical (unpaired) electrons. The van der Waals surface area contributed by atoms with Crippen LogP contribution in [0.25, 0.3) is 0 Å². The van der Waals surface area contributed by atoms with Gasteiger partial charge in [-0.1, -0.05) is 47.0 Å². The van der Waals surface area contributed by atoms with Gasteiger partial charge >= 0.3 is 0 Å². The zero-order valence-electron chi connectivity index (χ0n) is 17.3. The van der Waals surface area contributed by atoms with Crippen molar-refractivity contribution < 1.29 is 40.9 Å². The zero-order chi connectivity index (χ0) is 24.6. The predicted molar refractivity (Wildman–Crippen MR) is 149 cm³/mol. The fraction of sp³-hybridized carbons (Fsp3) is 0.667. The molecule has 0 unspecified atom stereocenters. The first kappa shape index (κ1) is 28.7. The van der Waals surface area contributed by atoms with E-state index in [0.717, 1.165) is 25.4 Å². The number of hydrogen-bond donors (Lipinski definition) is 8. The summed E-state index contributed by atoms with van der Waals surface area (Å²) in [5, 5.41) is 77.2. The molecule has 0 aromatic carbocycles. The van der Waals surface area contributed by atoms with Crippen LogP contribution in [-0.2, 0) is 0 Å². The summed E-state index contributed by atoms with van der Waals surface area (Å²) in [5.41, 5.74) is 0. The first-order valence-corrected chi connectivity index (χ1v) is 16.9. The minimum absolute atomic E-state index is 0.431. The molecule has 0 fully saturated rings. The molecule has 34 heavy (non-hydrogen) atoms. The standard InChI is InChI=1S/C18H24O8S8/c19-1-5(23)9-10(6(24)2-20)28-14-13(27-9)31-17(32-14)18-33-15-16(34-18)30-12(8(26)4-22)11(29-15)7(25)3-21/h5-12,19-26H,1-4H2/t5-,6-,7-,8-,9-,10-,11-,12-/m1/s1. The minimum atomic E-state index is -1.03. The maximum absolute atomic E-state index is 10.3. The monoisotopic (exact) mass is 624 g/mol. The van der Waals surface area contributed by atoms with Crippen LogP contribution in [-0.4, -0.2) is 113 Å². The van der Waals surface area contributed by atoms with Crippen molar-refractivity contribution in [1.82, 2.24) is 0 Å². The van der Waals surface area contributed by atoms with E-state index in [1.54, 1.807) is 47.0 Å². The molecule has 4 heterocycles. The van der Waals surface area contributed by atoms with Crippen molar-refractivity contribution in [3.05, 3.63) is 25.4 Å². The first-order valence-electron chi connectivity index (χ1n) is 10.1. The molecule has 4 aliphatic heterocycles. The van der Waals surface area contributed by atoms with E-state index >= 15 is 0 Å². The zero-order valence-corrected chi connectivity index (χ0v) is 23.8. The molecule has 0 saturated carbocycles. The van der Waals surface area contributed by atoms with E-state index in [-0.39, 0.29) is 0 Å². The van der Waals surface area contributed by atoms with Gasteiger partial charge in [0, 0.05) is 0 Å². The molecule has 0 aliphatic carbocycles. The van der Waals surface area contributed by atoms with Crippen LogP contribution in [0.3, 0.4) is 0 Å². The highest BCUT2D eigenvalue weighted by molar-refractivity contribution is 8.45. The van der Waals surface area contributed by atoms with Crippen LogP contribution in [0.4, 0.5) is 0 Å². The normalized spacial score (nSPS) is 33.2. The Bertz CT molecular complexity index is 737. The third-order valence-corrected chi connectivity index (χ3v) is 18.5. The van der Waals surface area contributed by atoms with Gasteiger partial charge in [-0.15, -0.1) is 47.0 Å². The van der Waals surface area contributed by atoms with Crippen molar-refractivity contribution >= 4 is 94.1 Å². The Morgan fingerprint density at radius 1 is 0.412 bits per heavy atom. The van der Waals surface area contributed by atoms with Crippen molar-refractivity contribution in [3.8, 4) is 0 Å². The fourth-order valence-corrected chi connectivity index (χ4v) is 17.2. The quantitative estimate of drug-likeness (QED) is 0.194. The highest BCUT2D eigenvalue weighted by atomic mass is 32.3. The van der Waals surface area contributed by atoms with Crippen molar-refractivity contribution in [3.63, 3.8) is 0 Å². The number of thioether (sulfide) groups is 8. The SMILES string of the molecule is OC[C@@H](O)[C@H]1SC2=C(SC(=C3SC4=C(S3)S[C@H]([C@H](O)CO)[C@@H]([C@H](O)CO)S4)S2)S[C@@H]1[C@H](O)CO. The molecule has 192 valence electrons. The van der Waals surface area contributed by atoms with Gasteiger partial charge in [0.1, 0.15) is 0 Å². The molecule has 4 aliphatic rings. The molecule has 0 bridgehead atoms. The number of rotatable bonds is 8. The number of hydrogen-bond acceptors (Lipinski definition) is 16. The summed E-state index contributed by atoms with van der Waals surface area (Å²) in [6.45, 7) is -1.72. The highest BCUT2D eigenvalue weighted by Gasteiger charge is 2.46. The van der Waals surface area contributed by atoms with E-state index in [2.05, 4.69) is 0 Å². The van der Waals surface area contributed by atoms with Crippen LogP contribution in [0.5, 0.6) is 0 Å². The predicted octanol–water partition coefficient (Wildman–Crippen LogP) is 1.17. The van der Waals surface area contributed by atoms with Gasteiger partial charge in [0.2, 0.25) is 0 Å². The van der Waals surface area contributed by atoms with Gasteiger partial charge in [-0.2, -0.15) is 0 Å². The molecule has 0 amide bonds. The highest BCUT2D eigenvalue weighted by Crippen LogP contribution is 2.70. The molecule has 0 saturated heterocycles. The van der Waals surface area contributed by atoms with Gasteiger partial charge in [-0.05, 0) is 0 Å². The summed E-state index contributed by atoms with van der Waals surface area (Å²) < 4.78 is 6.06. The van der Waals surface area contributed by atoms with Gasteiger partial charge in [0.15, 0.2) is 0 Å². The summed E-state index contributed by atoms with van der Waals surface area (Å²) >= 11 is 11.9. The number of aliphatic hydroxyl groups is 8. The molecule has 8 nitrogen and oxygen atoms in total. The molecule has 0 spiro atoms. The van der Waals surface area contributed by atoms with E-state index in [1.807, 2.05) is 0 Å². The third kappa shape index (κ3) is 5.97. The average Bonchev–Trinajstić information content (AvgIpc) is 3.48. The van der Waals surface area contributed by atoms with Crippen LogP contribution in [0, 0.1) is 0 Å². The second kappa shape index (κ2) is 12.7. The molecule has 0 aromatic heterocycles. The third-order valence-electron chi connectivity index (χ3n) is 5.13. The van der Waals surface area contributed by atoms with Crippen molar-refractivity contribution in [2.75, 3.05) is 26.4 Å². The second-order valence-electron chi connectivity index (χ2n) is 7.46. The average molecular weight is 625 g/mol.